The van der Waals surface area contributed by atoms with Crippen molar-refractivity contribution < 1.29 is 8.83 Å². The number of fused-ring (bicyclic) bond motifs is 11. The van der Waals surface area contributed by atoms with Crippen LogP contribution >= 0.6 is 11.3 Å². The molecule has 0 amide bonds. The van der Waals surface area contributed by atoms with E-state index in [2.05, 4.69) is 150 Å². The lowest BCUT2D eigenvalue weighted by Crippen LogP contribution is -2.45. The van der Waals surface area contributed by atoms with Gasteiger partial charge in [0.15, 0.2) is 0 Å². The lowest BCUT2D eigenvalue weighted by atomic mass is 9.97. The predicted molar refractivity (Wildman–Crippen MR) is 228 cm³/mol. The third-order valence-electron chi connectivity index (χ3n) is 11.2. The van der Waals surface area contributed by atoms with Gasteiger partial charge in [0.1, 0.15) is 40.5 Å². The van der Waals surface area contributed by atoms with Gasteiger partial charge in [0.2, 0.25) is 0 Å². The number of nitrogens with one attached hydrogen (secondary N) is 2. The first-order chi connectivity index (χ1) is 27.2. The molecule has 3 aromatic heterocycles. The summed E-state index contributed by atoms with van der Waals surface area (Å²) in [6.45, 7) is 0. The van der Waals surface area contributed by atoms with Crippen molar-refractivity contribution in [1.82, 2.24) is 10.6 Å². The lowest BCUT2D eigenvalue weighted by molar-refractivity contribution is 0.411. The second-order valence-electron chi connectivity index (χ2n) is 14.3. The fourth-order valence-corrected chi connectivity index (χ4v) is 9.86. The molecule has 4 heterocycles. The molecule has 0 radical (unpaired) electrons. The Morgan fingerprint density at radius 3 is 2.09 bits per heavy atom. The van der Waals surface area contributed by atoms with Crippen LogP contribution in [0.1, 0.15) is 29.0 Å². The lowest BCUT2D eigenvalue weighted by Gasteiger charge is -2.33. The Balaban J connectivity index is 1.02. The van der Waals surface area contributed by atoms with Gasteiger partial charge in [0.25, 0.3) is 0 Å². The highest BCUT2D eigenvalue weighted by Crippen LogP contribution is 2.47. The third-order valence-corrected chi connectivity index (χ3v) is 12.4. The van der Waals surface area contributed by atoms with Crippen LogP contribution in [0, 0.1) is 0 Å². The molecule has 0 saturated heterocycles. The quantitative estimate of drug-likeness (QED) is 0.190. The van der Waals surface area contributed by atoms with E-state index in [-0.39, 0.29) is 12.3 Å². The Morgan fingerprint density at radius 2 is 1.22 bits per heavy atom. The summed E-state index contributed by atoms with van der Waals surface area (Å²) in [7, 11) is 0. The number of rotatable bonds is 4. The van der Waals surface area contributed by atoms with Crippen molar-refractivity contribution in [2.75, 3.05) is 0 Å². The summed E-state index contributed by atoms with van der Waals surface area (Å²) in [5.41, 5.74) is 9.21. The fourth-order valence-electron chi connectivity index (χ4n) is 8.62. The van der Waals surface area contributed by atoms with Crippen molar-refractivity contribution in [3.05, 3.63) is 180 Å². The van der Waals surface area contributed by atoms with Gasteiger partial charge in [0, 0.05) is 52.8 Å². The minimum Gasteiger partial charge on any atom is -0.456 e. The van der Waals surface area contributed by atoms with Crippen molar-refractivity contribution in [2.45, 2.75) is 12.3 Å². The molecule has 11 aromatic rings. The summed E-state index contributed by atoms with van der Waals surface area (Å²) in [6.07, 6.45) is -0.515. The molecule has 1 aliphatic rings. The molecule has 2 atom stereocenters. The first-order valence-corrected chi connectivity index (χ1v) is 19.4. The normalized spacial score (nSPS) is 16.2. The molecule has 8 aromatic carbocycles. The zero-order chi connectivity index (χ0) is 36.0. The Labute approximate surface area is 319 Å². The van der Waals surface area contributed by atoms with E-state index in [4.69, 9.17) is 13.8 Å². The average molecular weight is 726 g/mol. The first kappa shape index (κ1) is 30.7. The topological polar surface area (TPSA) is 62.7 Å². The third kappa shape index (κ3) is 4.72. The Bertz CT molecular complexity index is 3350. The SMILES string of the molecule is c1ccc2c(C3NC(c4cccc5oc6ccccc6c45)=NC(c4ccc(-c5cc6c7ccccc7oc6c6c5sc5ccccc56)cc4)N3)cccc2c1. The smallest absolute Gasteiger partial charge is 0.144 e. The molecule has 12 rings (SSSR count). The van der Waals surface area contributed by atoms with Crippen molar-refractivity contribution in [3.8, 4) is 11.1 Å². The maximum absolute atomic E-state index is 6.56. The molecule has 1 aliphatic heterocycles. The molecule has 5 nitrogen and oxygen atoms in total. The second-order valence-corrected chi connectivity index (χ2v) is 15.3. The highest BCUT2D eigenvalue weighted by molar-refractivity contribution is 7.26. The molecule has 0 saturated carbocycles. The van der Waals surface area contributed by atoms with Crippen LogP contribution in [0.5, 0.6) is 0 Å². The van der Waals surface area contributed by atoms with E-state index >= 15 is 0 Å². The van der Waals surface area contributed by atoms with Crippen LogP contribution in [0.25, 0.3) is 85.9 Å². The van der Waals surface area contributed by atoms with E-state index in [1.54, 1.807) is 0 Å². The van der Waals surface area contributed by atoms with Crippen LogP contribution in [0.3, 0.4) is 0 Å². The number of amidine groups is 1. The Morgan fingerprint density at radius 1 is 0.527 bits per heavy atom. The summed E-state index contributed by atoms with van der Waals surface area (Å²) in [6, 6.07) is 57.8. The van der Waals surface area contributed by atoms with Crippen molar-refractivity contribution in [1.29, 1.82) is 0 Å². The summed E-state index contributed by atoms with van der Waals surface area (Å²) in [4.78, 5) is 5.41. The maximum Gasteiger partial charge on any atom is 0.144 e. The molecule has 2 N–H and O–H groups in total. The Kier molecular flexibility index (Phi) is 6.64. The van der Waals surface area contributed by atoms with Crippen LogP contribution in [-0.2, 0) is 0 Å². The van der Waals surface area contributed by atoms with Gasteiger partial charge in [-0.25, -0.2) is 4.99 Å². The van der Waals surface area contributed by atoms with Crippen LogP contribution in [-0.4, -0.2) is 5.84 Å². The van der Waals surface area contributed by atoms with Gasteiger partial charge in [-0.15, -0.1) is 11.3 Å². The number of thiophene rings is 1. The van der Waals surface area contributed by atoms with E-state index in [9.17, 15) is 0 Å². The van der Waals surface area contributed by atoms with Gasteiger partial charge in [-0.2, -0.15) is 0 Å². The molecular formula is C49H31N3O2S. The van der Waals surface area contributed by atoms with Crippen LogP contribution in [0.2, 0.25) is 0 Å². The van der Waals surface area contributed by atoms with Crippen LogP contribution in [0.15, 0.2) is 178 Å². The molecule has 0 bridgehead atoms. The summed E-state index contributed by atoms with van der Waals surface area (Å²) >= 11 is 1.83. The summed E-state index contributed by atoms with van der Waals surface area (Å²) < 4.78 is 15.4. The molecule has 6 heteroatoms. The van der Waals surface area contributed by atoms with Crippen molar-refractivity contribution in [2.24, 2.45) is 4.99 Å². The van der Waals surface area contributed by atoms with Crippen LogP contribution < -0.4 is 10.6 Å². The molecule has 55 heavy (non-hydrogen) atoms. The molecule has 2 unspecified atom stereocenters. The van der Waals surface area contributed by atoms with Crippen molar-refractivity contribution in [3.63, 3.8) is 0 Å². The zero-order valence-corrected chi connectivity index (χ0v) is 30.2. The van der Waals surface area contributed by atoms with E-state index in [0.29, 0.717) is 0 Å². The summed E-state index contributed by atoms with van der Waals surface area (Å²) in [5.74, 6) is 0.826. The van der Waals surface area contributed by atoms with Gasteiger partial charge < -0.3 is 14.2 Å². The van der Waals surface area contributed by atoms with E-state index < -0.39 is 0 Å². The standard InChI is InChI=1S/C49H31N3O2S/c1-2-13-31-28(11-1)12-9-17-33(31)48-50-47(51-49(52-48)36-18-10-21-41-43(36)34-15-4-7-20-40(34)53-41)30-25-23-29(24-26-30)37-27-38-32-14-3-6-19-39(32)54-45(38)44-35-16-5-8-22-42(35)55-46(37)44/h1-27,47-48,50H,(H,51,52). The first-order valence-electron chi connectivity index (χ1n) is 18.6. The van der Waals surface area contributed by atoms with Gasteiger partial charge in [0.05, 0.1) is 0 Å². The van der Waals surface area contributed by atoms with Gasteiger partial charge >= 0.3 is 0 Å². The number of nitrogens with zero attached hydrogens (tertiary/aromatic N) is 1. The molecule has 0 spiro atoms. The van der Waals surface area contributed by atoms with Gasteiger partial charge in [-0.1, -0.05) is 133 Å². The molecular weight excluding hydrogens is 695 g/mol. The number of hydrogen-bond donors (Lipinski definition) is 2. The number of benzene rings is 8. The average Bonchev–Trinajstić information content (AvgIpc) is 3.94. The van der Waals surface area contributed by atoms with E-state index in [1.807, 2.05) is 35.6 Å². The maximum atomic E-state index is 6.56. The number of furan rings is 2. The monoisotopic (exact) mass is 725 g/mol. The fraction of sp³-hybridized carbons (Fsp3) is 0.0408. The number of aliphatic imine (C=N–C) groups is 1. The molecule has 0 fully saturated rings. The minimum atomic E-state index is -0.313. The van der Waals surface area contributed by atoms with E-state index in [0.717, 1.165) is 66.4 Å². The largest absolute Gasteiger partial charge is 0.456 e. The minimum absolute atomic E-state index is 0.202. The molecule has 260 valence electrons. The van der Waals surface area contributed by atoms with Gasteiger partial charge in [-0.3, -0.25) is 5.32 Å². The highest BCUT2D eigenvalue weighted by atomic mass is 32.1. The number of hydrogen-bond acceptors (Lipinski definition) is 6. The Hall–Kier alpha value is -6.73. The second kappa shape index (κ2) is 11.9. The number of para-hydroxylation sites is 2. The van der Waals surface area contributed by atoms with Crippen molar-refractivity contribution >= 4 is 92.0 Å². The highest BCUT2D eigenvalue weighted by Gasteiger charge is 2.28. The van der Waals surface area contributed by atoms with Gasteiger partial charge in [-0.05, 0) is 57.8 Å². The summed E-state index contributed by atoms with van der Waals surface area (Å²) in [5, 5.41) is 16.9. The zero-order valence-electron chi connectivity index (χ0n) is 29.4. The van der Waals surface area contributed by atoms with Crippen LogP contribution in [0.4, 0.5) is 0 Å². The predicted octanol–water partition coefficient (Wildman–Crippen LogP) is 13.0. The molecule has 0 aliphatic carbocycles. The van der Waals surface area contributed by atoms with E-state index in [1.165, 1.54) is 42.1 Å².